The van der Waals surface area contributed by atoms with Crippen LogP contribution < -0.4 is 14.5 Å². The lowest BCUT2D eigenvalue weighted by Gasteiger charge is -2.39. The number of hydrogen-bond acceptors (Lipinski definition) is 7. The molecule has 178 valence electrons. The van der Waals surface area contributed by atoms with Gasteiger partial charge in [-0.2, -0.15) is 0 Å². The van der Waals surface area contributed by atoms with Crippen LogP contribution in [0, 0.1) is 5.92 Å². The largest absolute Gasteiger partial charge is 0.481 e. The average Bonchev–Trinajstić information content (AvgIpc) is 3.17. The second-order valence-electron chi connectivity index (χ2n) is 8.68. The highest BCUT2D eigenvalue weighted by atomic mass is 16.5. The molecule has 3 heterocycles. The topological polar surface area (TPSA) is 91.2 Å². The van der Waals surface area contributed by atoms with E-state index >= 15 is 0 Å². The molecule has 0 spiro atoms. The number of ether oxygens (including phenoxy) is 1. The summed E-state index contributed by atoms with van der Waals surface area (Å²) in [5.74, 6) is 1.21. The minimum atomic E-state index is -0.545. The van der Waals surface area contributed by atoms with Gasteiger partial charge in [-0.3, -0.25) is 14.6 Å². The number of rotatable bonds is 7. The second kappa shape index (κ2) is 10.0. The Kier molecular flexibility index (Phi) is 6.90. The van der Waals surface area contributed by atoms with Gasteiger partial charge in [0.25, 0.3) is 5.91 Å². The van der Waals surface area contributed by atoms with Gasteiger partial charge in [-0.15, -0.1) is 0 Å². The molecule has 4 rings (SSSR count). The van der Waals surface area contributed by atoms with E-state index < -0.39 is 6.10 Å². The predicted octanol–water partition coefficient (Wildman–Crippen LogP) is 2.53. The van der Waals surface area contributed by atoms with Crippen LogP contribution in [0.2, 0.25) is 0 Å². The Labute approximate surface area is 199 Å². The number of carbonyl (C=O) groups is 2. The first-order valence-electron chi connectivity index (χ1n) is 11.4. The normalized spacial score (nSPS) is 19.0. The van der Waals surface area contributed by atoms with Crippen molar-refractivity contribution in [3.63, 3.8) is 0 Å². The number of hydrogen-bond donors (Lipinski definition) is 0. The third-order valence-electron chi connectivity index (χ3n) is 6.01. The van der Waals surface area contributed by atoms with Crippen LogP contribution in [0.5, 0.6) is 5.75 Å². The van der Waals surface area contributed by atoms with Crippen LogP contribution in [0.1, 0.15) is 25.8 Å². The lowest BCUT2D eigenvalue weighted by Crippen LogP contribution is -2.54. The predicted molar refractivity (Wildman–Crippen MR) is 131 cm³/mol. The third-order valence-corrected chi connectivity index (χ3v) is 6.01. The molecule has 0 bridgehead atoms. The number of allylic oxidation sites excluding steroid dienone is 1. The maximum absolute atomic E-state index is 12.9. The van der Waals surface area contributed by atoms with E-state index in [1.165, 1.54) is 0 Å². The fraction of sp³-hybridized carbons (Fsp3) is 0.400. The van der Waals surface area contributed by atoms with E-state index in [0.29, 0.717) is 43.4 Å². The van der Waals surface area contributed by atoms with E-state index in [9.17, 15) is 9.59 Å². The van der Waals surface area contributed by atoms with E-state index in [1.54, 1.807) is 42.5 Å². The first-order chi connectivity index (χ1) is 16.4. The molecule has 1 aromatic heterocycles. The standard InChI is InChI=1S/C25H30N6O3/c1-5-11-26-17(2)18-6-8-21(9-7-18)34-22-10-12-31(24(22)33)20-13-27-25(28-14-20)30-15-19(16-30)23(32)29(3)4/h5-9,11,13-14,19,22H,10,12,15-16H2,1-4H3/b11-5-,26-17+/t22-/m1/s1. The van der Waals surface area contributed by atoms with E-state index in [1.807, 2.05) is 49.1 Å². The summed E-state index contributed by atoms with van der Waals surface area (Å²) in [7, 11) is 3.52. The third kappa shape index (κ3) is 4.93. The first kappa shape index (κ1) is 23.4. The second-order valence-corrected chi connectivity index (χ2v) is 8.68. The minimum Gasteiger partial charge on any atom is -0.481 e. The Morgan fingerprint density at radius 1 is 1.18 bits per heavy atom. The van der Waals surface area contributed by atoms with Crippen LogP contribution in [0.15, 0.2) is 53.9 Å². The molecule has 9 heteroatoms. The highest BCUT2D eigenvalue weighted by Gasteiger charge is 2.36. The fourth-order valence-electron chi connectivity index (χ4n) is 4.00. The van der Waals surface area contributed by atoms with Crippen molar-refractivity contribution < 1.29 is 14.3 Å². The lowest BCUT2D eigenvalue weighted by molar-refractivity contribution is -0.133. The van der Waals surface area contributed by atoms with E-state index in [4.69, 9.17) is 4.74 Å². The van der Waals surface area contributed by atoms with Crippen molar-refractivity contribution in [3.05, 3.63) is 54.5 Å². The van der Waals surface area contributed by atoms with Crippen LogP contribution in [0.25, 0.3) is 0 Å². The van der Waals surface area contributed by atoms with Gasteiger partial charge in [0.2, 0.25) is 11.9 Å². The molecule has 34 heavy (non-hydrogen) atoms. The van der Waals surface area contributed by atoms with Crippen molar-refractivity contribution in [2.75, 3.05) is 43.5 Å². The van der Waals surface area contributed by atoms with Gasteiger partial charge in [0.1, 0.15) is 5.75 Å². The van der Waals surface area contributed by atoms with Crippen molar-refractivity contribution in [3.8, 4) is 5.75 Å². The number of aromatic nitrogens is 2. The van der Waals surface area contributed by atoms with E-state index in [-0.39, 0.29) is 17.7 Å². The molecule has 2 aromatic rings. The van der Waals surface area contributed by atoms with Crippen LogP contribution in [0.3, 0.4) is 0 Å². The van der Waals surface area contributed by atoms with Gasteiger partial charge >= 0.3 is 0 Å². The van der Waals surface area contributed by atoms with E-state index in [0.717, 1.165) is 11.3 Å². The number of aliphatic imine (C=N–C) groups is 1. The first-order valence-corrected chi connectivity index (χ1v) is 11.4. The van der Waals surface area contributed by atoms with Crippen LogP contribution in [-0.2, 0) is 9.59 Å². The zero-order valence-corrected chi connectivity index (χ0v) is 20.0. The van der Waals surface area contributed by atoms with Crippen molar-refractivity contribution in [1.82, 2.24) is 14.9 Å². The van der Waals surface area contributed by atoms with E-state index in [2.05, 4.69) is 15.0 Å². The number of nitrogens with zero attached hydrogens (tertiary/aromatic N) is 6. The molecule has 2 amide bonds. The van der Waals surface area contributed by atoms with Crippen molar-refractivity contribution in [2.45, 2.75) is 26.4 Å². The van der Waals surface area contributed by atoms with Gasteiger partial charge in [-0.1, -0.05) is 6.08 Å². The lowest BCUT2D eigenvalue weighted by atomic mass is 9.99. The monoisotopic (exact) mass is 462 g/mol. The molecule has 0 N–H and O–H groups in total. The quantitative estimate of drug-likeness (QED) is 0.588. The summed E-state index contributed by atoms with van der Waals surface area (Å²) in [5, 5.41) is 0. The Balaban J connectivity index is 1.33. The zero-order chi connectivity index (χ0) is 24.2. The fourth-order valence-corrected chi connectivity index (χ4v) is 4.00. The summed E-state index contributed by atoms with van der Waals surface area (Å²) in [6.07, 6.45) is 7.00. The molecule has 1 aromatic carbocycles. The van der Waals surface area contributed by atoms with Crippen LogP contribution >= 0.6 is 0 Å². The Bertz CT molecular complexity index is 1090. The SMILES string of the molecule is C/C=C\N=C(/C)c1ccc(O[C@@H]2CCN(c3cnc(N4CC(C(=O)N(C)C)C4)nc3)C2=O)cc1. The van der Waals surface area contributed by atoms with Gasteiger partial charge < -0.3 is 19.4 Å². The molecule has 2 aliphatic heterocycles. The van der Waals surface area contributed by atoms with Gasteiger partial charge in [0.05, 0.1) is 24.0 Å². The molecule has 2 fully saturated rings. The maximum atomic E-state index is 12.9. The molecule has 0 saturated carbocycles. The van der Waals surface area contributed by atoms with Crippen molar-refractivity contribution >= 4 is 29.2 Å². The molecular weight excluding hydrogens is 432 g/mol. The summed E-state index contributed by atoms with van der Waals surface area (Å²) in [6, 6.07) is 7.60. The Hall–Kier alpha value is -3.75. The number of anilines is 2. The molecule has 0 aliphatic carbocycles. The maximum Gasteiger partial charge on any atom is 0.268 e. The minimum absolute atomic E-state index is 0.0187. The van der Waals surface area contributed by atoms with Gasteiger partial charge in [0, 0.05) is 52.1 Å². The van der Waals surface area contributed by atoms with Crippen LogP contribution in [0.4, 0.5) is 11.6 Å². The Morgan fingerprint density at radius 3 is 2.47 bits per heavy atom. The average molecular weight is 463 g/mol. The van der Waals surface area contributed by atoms with Crippen molar-refractivity contribution in [2.24, 2.45) is 10.9 Å². The summed E-state index contributed by atoms with van der Waals surface area (Å²) in [6.45, 7) is 5.63. The number of amides is 2. The summed E-state index contributed by atoms with van der Waals surface area (Å²) < 4.78 is 5.97. The molecule has 9 nitrogen and oxygen atoms in total. The smallest absolute Gasteiger partial charge is 0.268 e. The number of carbonyl (C=O) groups excluding carboxylic acids is 2. The highest BCUT2D eigenvalue weighted by molar-refractivity contribution is 5.99. The Morgan fingerprint density at radius 2 is 1.85 bits per heavy atom. The van der Waals surface area contributed by atoms with Crippen LogP contribution in [-0.4, -0.2) is 72.2 Å². The molecule has 2 saturated heterocycles. The highest BCUT2D eigenvalue weighted by Crippen LogP contribution is 2.27. The molecule has 0 radical (unpaired) electrons. The summed E-state index contributed by atoms with van der Waals surface area (Å²) in [5.41, 5.74) is 2.56. The van der Waals surface area contributed by atoms with Gasteiger partial charge in [-0.25, -0.2) is 9.97 Å². The number of benzene rings is 1. The van der Waals surface area contributed by atoms with Gasteiger partial charge in [0.15, 0.2) is 6.10 Å². The molecule has 0 unspecified atom stereocenters. The van der Waals surface area contributed by atoms with Gasteiger partial charge in [-0.05, 0) is 43.7 Å². The van der Waals surface area contributed by atoms with Crippen molar-refractivity contribution in [1.29, 1.82) is 0 Å². The molecular formula is C25H30N6O3. The summed E-state index contributed by atoms with van der Waals surface area (Å²) >= 11 is 0. The summed E-state index contributed by atoms with van der Waals surface area (Å²) in [4.78, 5) is 43.3. The molecule has 2 aliphatic rings. The zero-order valence-electron chi connectivity index (χ0n) is 20.0. The molecule has 1 atom stereocenters.